The predicted molar refractivity (Wildman–Crippen MR) is 108 cm³/mol. The van der Waals surface area contributed by atoms with E-state index >= 15 is 0 Å². The fourth-order valence-corrected chi connectivity index (χ4v) is 5.80. The van der Waals surface area contributed by atoms with Gasteiger partial charge in [-0.05, 0) is 56.2 Å². The molecule has 1 aromatic rings. The molecule has 0 atom stereocenters. The third-order valence-electron chi connectivity index (χ3n) is 4.32. The quantitative estimate of drug-likeness (QED) is 0.175. The Hall–Kier alpha value is -0.893. The molecule has 0 saturated carbocycles. The molecule has 0 radical (unpaired) electrons. The maximum atomic E-state index is 13.3. The minimum Gasteiger partial charge on any atom is -0.373 e. The van der Waals surface area contributed by atoms with Crippen molar-refractivity contribution >= 4 is 8.80 Å². The van der Waals surface area contributed by atoms with Crippen LogP contribution in [-0.2, 0) is 19.7 Å². The monoisotopic (exact) mass is 420 g/mol. The normalized spacial score (nSPS) is 11.9. The van der Waals surface area contributed by atoms with Gasteiger partial charge < -0.3 is 13.3 Å². The molecule has 0 unspecified atom stereocenters. The summed E-state index contributed by atoms with van der Waals surface area (Å²) in [5, 5.41) is 0. The third kappa shape index (κ3) is 9.07. The summed E-state index contributed by atoms with van der Waals surface area (Å²) in [6.45, 7) is 8.13. The topological polar surface area (TPSA) is 27.7 Å². The van der Waals surface area contributed by atoms with E-state index in [0.717, 1.165) is 63.1 Å². The fraction of sp³-hybridized carbons (Fsp3) is 0.714. The van der Waals surface area contributed by atoms with E-state index in [9.17, 15) is 13.2 Å². The summed E-state index contributed by atoms with van der Waals surface area (Å²) in [6, 6.07) is 2.94. The summed E-state index contributed by atoms with van der Waals surface area (Å²) in [5.74, 6) is -3.66. The molecule has 0 aliphatic carbocycles. The lowest BCUT2D eigenvalue weighted by molar-refractivity contribution is 0.0586. The smallest absolute Gasteiger partial charge is 0.373 e. The second-order valence-corrected chi connectivity index (χ2v) is 9.75. The van der Waals surface area contributed by atoms with E-state index in [1.54, 1.807) is 0 Å². The van der Waals surface area contributed by atoms with E-state index in [-0.39, 0.29) is 0 Å². The van der Waals surface area contributed by atoms with Gasteiger partial charge in [-0.1, -0.05) is 33.6 Å². The molecular weight excluding hydrogens is 385 g/mol. The number of aryl methyl sites for hydroxylation is 1. The van der Waals surface area contributed by atoms with Crippen LogP contribution in [0.1, 0.15) is 71.3 Å². The minimum atomic E-state index is -2.64. The van der Waals surface area contributed by atoms with Crippen molar-refractivity contribution < 1.29 is 26.4 Å². The first kappa shape index (κ1) is 25.1. The standard InChI is InChI=1S/C21H35F3O3Si/c1-4-12-25-28(26-13-5-2,27-14-6-3)15-10-8-7-9-11-18-16-19(22)21(24)20(23)17-18/h16-17H,4-15H2,1-3H3. The first-order chi connectivity index (χ1) is 13.5. The van der Waals surface area contributed by atoms with Crippen LogP contribution in [0.25, 0.3) is 0 Å². The number of hydrogen-bond acceptors (Lipinski definition) is 3. The number of hydrogen-bond donors (Lipinski definition) is 0. The molecule has 0 aliphatic heterocycles. The lowest BCUT2D eigenvalue weighted by atomic mass is 10.1. The van der Waals surface area contributed by atoms with Gasteiger partial charge in [-0.25, -0.2) is 13.2 Å². The van der Waals surface area contributed by atoms with Crippen LogP contribution in [0.5, 0.6) is 0 Å². The van der Waals surface area contributed by atoms with E-state index in [1.165, 1.54) is 0 Å². The minimum absolute atomic E-state index is 0.490. The Morgan fingerprint density at radius 2 is 1.18 bits per heavy atom. The molecule has 7 heteroatoms. The molecular formula is C21H35F3O3Si. The molecule has 1 aromatic carbocycles. The van der Waals surface area contributed by atoms with Gasteiger partial charge in [0.15, 0.2) is 17.5 Å². The SMILES string of the molecule is CCCO[Si](CCCCCCc1cc(F)c(F)c(F)c1)(OCCC)OCCC. The van der Waals surface area contributed by atoms with E-state index in [4.69, 9.17) is 13.3 Å². The number of benzene rings is 1. The van der Waals surface area contributed by atoms with Crippen LogP contribution in [0.4, 0.5) is 13.2 Å². The predicted octanol–water partition coefficient (Wildman–Crippen LogP) is 6.43. The van der Waals surface area contributed by atoms with Crippen molar-refractivity contribution in [2.75, 3.05) is 19.8 Å². The van der Waals surface area contributed by atoms with Gasteiger partial charge in [-0.3, -0.25) is 0 Å². The second kappa shape index (κ2) is 14.1. The van der Waals surface area contributed by atoms with E-state index in [1.807, 2.05) is 0 Å². The molecule has 0 fully saturated rings. The molecule has 0 heterocycles. The molecule has 1 rings (SSSR count). The summed E-state index contributed by atoms with van der Waals surface area (Å²) in [5.41, 5.74) is 0.490. The Balaban J connectivity index is 2.45. The highest BCUT2D eigenvalue weighted by atomic mass is 28.4. The van der Waals surface area contributed by atoms with Crippen LogP contribution in [-0.4, -0.2) is 28.6 Å². The largest absolute Gasteiger partial charge is 0.500 e. The van der Waals surface area contributed by atoms with Gasteiger partial charge in [0, 0.05) is 25.9 Å². The first-order valence-corrected chi connectivity index (χ1v) is 12.5. The average molecular weight is 421 g/mol. The zero-order chi connectivity index (χ0) is 20.8. The Bertz CT molecular complexity index is 513. The highest BCUT2D eigenvalue weighted by Gasteiger charge is 2.40. The highest BCUT2D eigenvalue weighted by Crippen LogP contribution is 2.22. The average Bonchev–Trinajstić information content (AvgIpc) is 2.69. The molecule has 0 saturated heterocycles. The van der Waals surface area contributed by atoms with Gasteiger partial charge in [0.25, 0.3) is 0 Å². The van der Waals surface area contributed by atoms with Gasteiger partial charge in [0.2, 0.25) is 0 Å². The van der Waals surface area contributed by atoms with Crippen LogP contribution in [0, 0.1) is 17.5 Å². The van der Waals surface area contributed by atoms with E-state index in [0.29, 0.717) is 31.8 Å². The molecule has 28 heavy (non-hydrogen) atoms. The molecule has 0 aliphatic rings. The summed E-state index contributed by atoms with van der Waals surface area (Å²) >= 11 is 0. The van der Waals surface area contributed by atoms with Crippen LogP contribution in [0.15, 0.2) is 12.1 Å². The Morgan fingerprint density at radius 1 is 0.714 bits per heavy atom. The van der Waals surface area contributed by atoms with Gasteiger partial charge in [-0.2, -0.15) is 0 Å². The maximum Gasteiger partial charge on any atom is 0.500 e. The van der Waals surface area contributed by atoms with Gasteiger partial charge in [0.1, 0.15) is 0 Å². The van der Waals surface area contributed by atoms with Crippen molar-refractivity contribution in [3.05, 3.63) is 35.1 Å². The maximum absolute atomic E-state index is 13.3. The van der Waals surface area contributed by atoms with E-state index < -0.39 is 26.3 Å². The lowest BCUT2D eigenvalue weighted by Crippen LogP contribution is -2.46. The van der Waals surface area contributed by atoms with Crippen molar-refractivity contribution in [1.29, 1.82) is 0 Å². The van der Waals surface area contributed by atoms with Crippen molar-refractivity contribution in [2.24, 2.45) is 0 Å². The number of rotatable bonds is 16. The van der Waals surface area contributed by atoms with Crippen molar-refractivity contribution in [2.45, 2.75) is 78.2 Å². The molecule has 0 aromatic heterocycles. The number of halogens is 3. The third-order valence-corrected chi connectivity index (χ3v) is 7.22. The van der Waals surface area contributed by atoms with Crippen molar-refractivity contribution in [3.8, 4) is 0 Å². The molecule has 0 bridgehead atoms. The molecule has 0 spiro atoms. The number of unbranched alkanes of at least 4 members (excludes halogenated alkanes) is 3. The van der Waals surface area contributed by atoms with Gasteiger partial charge >= 0.3 is 8.80 Å². The first-order valence-electron chi connectivity index (χ1n) is 10.5. The fourth-order valence-electron chi connectivity index (χ4n) is 2.89. The molecule has 0 N–H and O–H groups in total. The summed E-state index contributed by atoms with van der Waals surface area (Å²) < 4.78 is 57.7. The Morgan fingerprint density at radius 3 is 1.64 bits per heavy atom. The van der Waals surface area contributed by atoms with Crippen LogP contribution in [0.2, 0.25) is 6.04 Å². The summed E-state index contributed by atoms with van der Waals surface area (Å²) in [6.07, 6.45) is 6.89. The van der Waals surface area contributed by atoms with Crippen LogP contribution in [0.3, 0.4) is 0 Å². The second-order valence-electron chi connectivity index (χ2n) is 7.02. The molecule has 162 valence electrons. The van der Waals surface area contributed by atoms with Gasteiger partial charge in [0.05, 0.1) is 0 Å². The molecule has 0 amide bonds. The molecule has 3 nitrogen and oxygen atoms in total. The zero-order valence-electron chi connectivity index (χ0n) is 17.5. The van der Waals surface area contributed by atoms with E-state index in [2.05, 4.69) is 20.8 Å². The zero-order valence-corrected chi connectivity index (χ0v) is 18.5. The summed E-state index contributed by atoms with van der Waals surface area (Å²) in [7, 11) is -2.64. The highest BCUT2D eigenvalue weighted by molar-refractivity contribution is 6.60. The van der Waals surface area contributed by atoms with Crippen LogP contribution >= 0.6 is 0 Å². The van der Waals surface area contributed by atoms with Crippen LogP contribution < -0.4 is 0 Å². The van der Waals surface area contributed by atoms with Gasteiger partial charge in [-0.15, -0.1) is 0 Å². The lowest BCUT2D eigenvalue weighted by Gasteiger charge is -2.29. The summed E-state index contributed by atoms with van der Waals surface area (Å²) in [4.78, 5) is 0. The Labute approximate surface area is 168 Å². The van der Waals surface area contributed by atoms with Crippen molar-refractivity contribution in [1.82, 2.24) is 0 Å². The van der Waals surface area contributed by atoms with Crippen molar-refractivity contribution in [3.63, 3.8) is 0 Å². The Kier molecular flexibility index (Phi) is 12.7.